The molecule has 1 aromatic heterocycles. The molecule has 0 radical (unpaired) electrons. The van der Waals surface area contributed by atoms with Crippen molar-refractivity contribution >= 4 is 23.3 Å². The first-order valence-corrected chi connectivity index (χ1v) is 7.89. The van der Waals surface area contributed by atoms with Crippen LogP contribution in [0.15, 0.2) is 30.1 Å². The molecular weight excluding hydrogens is 316 g/mol. The highest BCUT2D eigenvalue weighted by molar-refractivity contribution is 6.30. The van der Waals surface area contributed by atoms with E-state index in [-0.39, 0.29) is 5.57 Å². The van der Waals surface area contributed by atoms with Gasteiger partial charge in [0.05, 0.1) is 5.02 Å². The summed E-state index contributed by atoms with van der Waals surface area (Å²) in [5.41, 5.74) is -0.0198. The van der Waals surface area contributed by atoms with Crippen LogP contribution in [0.5, 0.6) is 0 Å². The number of unbranched alkanes of at least 4 members (excludes halogenated alkanes) is 1. The van der Waals surface area contributed by atoms with Gasteiger partial charge in [0.25, 0.3) is 5.91 Å². The number of nitrogens with zero attached hydrogens (tertiary/aromatic N) is 2. The van der Waals surface area contributed by atoms with E-state index in [1.165, 1.54) is 12.4 Å². The highest BCUT2D eigenvalue weighted by Gasteiger charge is 2.07. The maximum atomic E-state index is 11.9. The number of amides is 1. The standard InChI is InChI=1S/C16H21ClN4O2/c1-2-3-8-23-9-4-7-19-16(22)13(10-18)11-20-15-6-5-14(17)12-21-15/h5-6,11-12H,2-4,7-9H2,1H3,(H,19,22)(H,20,21)/b13-11-. The smallest absolute Gasteiger partial charge is 0.263 e. The zero-order valence-corrected chi connectivity index (χ0v) is 13.9. The summed E-state index contributed by atoms with van der Waals surface area (Å²) in [5, 5.41) is 15.0. The lowest BCUT2D eigenvalue weighted by Crippen LogP contribution is -2.26. The molecule has 7 heteroatoms. The highest BCUT2D eigenvalue weighted by atomic mass is 35.5. The topological polar surface area (TPSA) is 87.0 Å². The Balaban J connectivity index is 2.32. The first-order valence-electron chi connectivity index (χ1n) is 7.51. The van der Waals surface area contributed by atoms with Gasteiger partial charge < -0.3 is 15.4 Å². The molecule has 23 heavy (non-hydrogen) atoms. The van der Waals surface area contributed by atoms with E-state index in [0.717, 1.165) is 19.4 Å². The number of ether oxygens (including phenoxy) is 1. The van der Waals surface area contributed by atoms with Crippen LogP contribution in [-0.2, 0) is 9.53 Å². The molecule has 0 spiro atoms. The maximum Gasteiger partial charge on any atom is 0.263 e. The van der Waals surface area contributed by atoms with E-state index in [1.807, 2.05) is 6.07 Å². The van der Waals surface area contributed by atoms with Gasteiger partial charge in [-0.2, -0.15) is 5.26 Å². The Hall–Kier alpha value is -2.10. The van der Waals surface area contributed by atoms with Crippen LogP contribution in [0.3, 0.4) is 0 Å². The largest absolute Gasteiger partial charge is 0.381 e. The fourth-order valence-electron chi connectivity index (χ4n) is 1.58. The Kier molecular flexibility index (Phi) is 9.45. The Bertz CT molecular complexity index is 552. The lowest BCUT2D eigenvalue weighted by molar-refractivity contribution is -0.117. The van der Waals surface area contributed by atoms with Gasteiger partial charge in [-0.3, -0.25) is 4.79 Å². The van der Waals surface area contributed by atoms with Crippen molar-refractivity contribution in [2.24, 2.45) is 0 Å². The van der Waals surface area contributed by atoms with Crippen molar-refractivity contribution < 1.29 is 9.53 Å². The van der Waals surface area contributed by atoms with Crippen LogP contribution in [0.25, 0.3) is 0 Å². The SMILES string of the molecule is CCCCOCCCNC(=O)/C(C#N)=C\Nc1ccc(Cl)cn1. The molecule has 0 aromatic carbocycles. The number of carbonyl (C=O) groups excluding carboxylic acids is 1. The quantitative estimate of drug-likeness (QED) is 0.390. The van der Waals surface area contributed by atoms with Crippen molar-refractivity contribution in [1.29, 1.82) is 5.26 Å². The van der Waals surface area contributed by atoms with Crippen molar-refractivity contribution in [2.45, 2.75) is 26.2 Å². The predicted molar refractivity (Wildman–Crippen MR) is 89.9 cm³/mol. The van der Waals surface area contributed by atoms with E-state index in [0.29, 0.717) is 30.4 Å². The summed E-state index contributed by atoms with van der Waals surface area (Å²) in [7, 11) is 0. The zero-order valence-electron chi connectivity index (χ0n) is 13.1. The number of pyridine rings is 1. The van der Waals surface area contributed by atoms with Crippen LogP contribution >= 0.6 is 11.6 Å². The number of hydrogen-bond acceptors (Lipinski definition) is 5. The number of nitrogens with one attached hydrogen (secondary N) is 2. The van der Waals surface area contributed by atoms with E-state index in [1.54, 1.807) is 12.1 Å². The molecular formula is C16H21ClN4O2. The van der Waals surface area contributed by atoms with E-state index in [4.69, 9.17) is 21.6 Å². The van der Waals surface area contributed by atoms with Crippen molar-refractivity contribution in [1.82, 2.24) is 10.3 Å². The molecule has 0 bridgehead atoms. The molecule has 0 saturated heterocycles. The summed E-state index contributed by atoms with van der Waals surface area (Å²) in [6.07, 6.45) is 5.65. The van der Waals surface area contributed by atoms with Gasteiger partial charge in [0, 0.05) is 32.2 Å². The molecule has 0 atom stereocenters. The van der Waals surface area contributed by atoms with Gasteiger partial charge >= 0.3 is 0 Å². The number of halogens is 1. The molecule has 2 N–H and O–H groups in total. The molecule has 0 saturated carbocycles. The van der Waals surface area contributed by atoms with E-state index >= 15 is 0 Å². The summed E-state index contributed by atoms with van der Waals surface area (Å²) < 4.78 is 5.40. The van der Waals surface area contributed by atoms with Crippen LogP contribution in [-0.4, -0.2) is 30.6 Å². The minimum absolute atomic E-state index is 0.0198. The Morgan fingerprint density at radius 3 is 2.87 bits per heavy atom. The van der Waals surface area contributed by atoms with Gasteiger partial charge in [0.1, 0.15) is 17.5 Å². The maximum absolute atomic E-state index is 11.9. The summed E-state index contributed by atoms with van der Waals surface area (Å²) >= 11 is 5.73. The van der Waals surface area contributed by atoms with Crippen LogP contribution in [0.4, 0.5) is 5.82 Å². The molecule has 124 valence electrons. The van der Waals surface area contributed by atoms with E-state index in [2.05, 4.69) is 22.5 Å². The number of hydrogen-bond donors (Lipinski definition) is 2. The first kappa shape index (κ1) is 18.9. The number of anilines is 1. The first-order chi connectivity index (χ1) is 11.2. The number of nitriles is 1. The van der Waals surface area contributed by atoms with Crippen LogP contribution in [0.1, 0.15) is 26.2 Å². The van der Waals surface area contributed by atoms with Gasteiger partial charge in [0.15, 0.2) is 0 Å². The molecule has 6 nitrogen and oxygen atoms in total. The molecule has 0 aliphatic heterocycles. The molecule has 0 unspecified atom stereocenters. The third-order valence-electron chi connectivity index (χ3n) is 2.85. The molecule has 1 heterocycles. The second kappa shape index (κ2) is 11.5. The van der Waals surface area contributed by atoms with Crippen molar-refractivity contribution in [3.8, 4) is 6.07 Å². The van der Waals surface area contributed by atoms with Gasteiger partial charge in [0.2, 0.25) is 0 Å². The fourth-order valence-corrected chi connectivity index (χ4v) is 1.69. The Morgan fingerprint density at radius 1 is 1.43 bits per heavy atom. The molecule has 0 fully saturated rings. The van der Waals surface area contributed by atoms with Crippen molar-refractivity contribution in [3.63, 3.8) is 0 Å². The van der Waals surface area contributed by atoms with E-state index < -0.39 is 5.91 Å². The summed E-state index contributed by atoms with van der Waals surface area (Å²) in [4.78, 5) is 15.9. The second-order valence-corrected chi connectivity index (χ2v) is 5.19. The number of carbonyl (C=O) groups is 1. The molecule has 1 amide bonds. The normalized spacial score (nSPS) is 10.9. The van der Waals surface area contributed by atoms with Crippen LogP contribution in [0, 0.1) is 11.3 Å². The number of rotatable bonds is 10. The average molecular weight is 337 g/mol. The zero-order chi connectivity index (χ0) is 16.9. The monoisotopic (exact) mass is 336 g/mol. The minimum Gasteiger partial charge on any atom is -0.381 e. The van der Waals surface area contributed by atoms with Gasteiger partial charge in [-0.25, -0.2) is 4.98 Å². The summed E-state index contributed by atoms with van der Waals surface area (Å²) in [6.45, 7) is 3.90. The average Bonchev–Trinajstić information content (AvgIpc) is 2.56. The second-order valence-electron chi connectivity index (χ2n) is 4.75. The Labute approximate surface area is 141 Å². The summed E-state index contributed by atoms with van der Waals surface area (Å²) in [6, 6.07) is 5.17. The summed E-state index contributed by atoms with van der Waals surface area (Å²) in [5.74, 6) is 0.0711. The third kappa shape index (κ3) is 8.19. The molecule has 1 aromatic rings. The van der Waals surface area contributed by atoms with Crippen molar-refractivity contribution in [3.05, 3.63) is 35.1 Å². The third-order valence-corrected chi connectivity index (χ3v) is 3.07. The minimum atomic E-state index is -0.428. The van der Waals surface area contributed by atoms with Crippen LogP contribution < -0.4 is 10.6 Å². The Morgan fingerprint density at radius 2 is 2.22 bits per heavy atom. The lowest BCUT2D eigenvalue weighted by Gasteiger charge is -2.06. The molecule has 0 aliphatic carbocycles. The predicted octanol–water partition coefficient (Wildman–Crippen LogP) is 2.88. The highest BCUT2D eigenvalue weighted by Crippen LogP contribution is 2.09. The molecule has 1 rings (SSSR count). The van der Waals surface area contributed by atoms with Gasteiger partial charge in [-0.15, -0.1) is 0 Å². The number of aromatic nitrogens is 1. The van der Waals surface area contributed by atoms with Crippen molar-refractivity contribution in [2.75, 3.05) is 25.1 Å². The van der Waals surface area contributed by atoms with Gasteiger partial charge in [-0.05, 0) is 25.0 Å². The van der Waals surface area contributed by atoms with Crippen LogP contribution in [0.2, 0.25) is 5.02 Å². The fraction of sp³-hybridized carbons (Fsp3) is 0.438. The van der Waals surface area contributed by atoms with Gasteiger partial charge in [-0.1, -0.05) is 24.9 Å². The van der Waals surface area contributed by atoms with E-state index in [9.17, 15) is 4.79 Å². The lowest BCUT2D eigenvalue weighted by atomic mass is 10.3. The molecule has 0 aliphatic rings.